The molecule has 10 nitrogen and oxygen atoms in total. The molecule has 2 aliphatic rings. The zero-order valence-corrected chi connectivity index (χ0v) is 18.3. The van der Waals surface area contributed by atoms with Gasteiger partial charge in [0.2, 0.25) is 5.91 Å². The van der Waals surface area contributed by atoms with Crippen molar-refractivity contribution >= 4 is 40.6 Å². The third kappa shape index (κ3) is 3.38. The molecule has 0 bridgehead atoms. The topological polar surface area (TPSA) is 152 Å². The third-order valence-electron chi connectivity index (χ3n) is 6.75. The summed E-state index contributed by atoms with van der Waals surface area (Å²) >= 11 is 0. The maximum atomic E-state index is 13.4. The number of rotatable bonds is 6. The molecule has 2 aromatic heterocycles. The Bertz CT molecular complexity index is 1520. The van der Waals surface area contributed by atoms with E-state index in [1.165, 1.54) is 6.33 Å². The van der Waals surface area contributed by atoms with Gasteiger partial charge in [0.1, 0.15) is 0 Å². The Balaban J connectivity index is 1.41. The van der Waals surface area contributed by atoms with Crippen LogP contribution >= 0.6 is 0 Å². The minimum absolute atomic E-state index is 0.273. The van der Waals surface area contributed by atoms with Crippen LogP contribution in [0.3, 0.4) is 0 Å². The monoisotopic (exact) mass is 468 g/mol. The molecule has 0 unspecified atom stereocenters. The van der Waals surface area contributed by atoms with Gasteiger partial charge in [0, 0.05) is 40.0 Å². The predicted molar refractivity (Wildman–Crippen MR) is 128 cm³/mol. The van der Waals surface area contributed by atoms with E-state index in [1.807, 2.05) is 30.3 Å². The minimum atomic E-state index is -1.09. The van der Waals surface area contributed by atoms with Gasteiger partial charge in [-0.3, -0.25) is 14.4 Å². The highest BCUT2D eigenvalue weighted by atomic mass is 16.4. The number of hydrazone groups is 1. The number of nitrogens with zero attached hydrogens (tertiary/aromatic N) is 2. The van der Waals surface area contributed by atoms with Crippen LogP contribution in [0.2, 0.25) is 0 Å². The Kier molecular flexibility index (Phi) is 4.56. The van der Waals surface area contributed by atoms with E-state index in [0.717, 1.165) is 22.5 Å². The number of hydrogen-bond donors (Lipinski definition) is 5. The number of carbonyl (C=O) groups is 3. The summed E-state index contributed by atoms with van der Waals surface area (Å²) < 4.78 is 0. The average Bonchev–Trinajstić information content (AvgIpc) is 3.19. The number of H-pyrrole nitrogens is 2. The zero-order valence-electron chi connectivity index (χ0n) is 18.3. The van der Waals surface area contributed by atoms with E-state index in [2.05, 4.69) is 30.8 Å². The maximum absolute atomic E-state index is 13.4. The van der Waals surface area contributed by atoms with Gasteiger partial charge in [-0.2, -0.15) is 5.10 Å². The number of aromatic amines is 2. The van der Waals surface area contributed by atoms with Crippen molar-refractivity contribution in [1.82, 2.24) is 20.4 Å². The molecule has 10 heteroatoms. The Morgan fingerprint density at radius 3 is 2.77 bits per heavy atom. The number of aliphatic carboxylic acids is 1. The molecule has 2 amide bonds. The number of anilines is 1. The van der Waals surface area contributed by atoms with Crippen LogP contribution in [0.25, 0.3) is 22.2 Å². The Labute approximate surface area is 198 Å². The molecular weight excluding hydrogens is 448 g/mol. The number of carbonyl (C=O) groups excluding carboxylic acids is 2. The second-order valence-corrected chi connectivity index (χ2v) is 8.87. The van der Waals surface area contributed by atoms with Crippen molar-refractivity contribution in [3.8, 4) is 11.3 Å². The molecule has 1 aliphatic carbocycles. The molecule has 1 saturated carbocycles. The SMILES string of the molecule is O=C(O)C[C@@]1(C(=O)Nc2cc3c4c(c(-c5ccccc5)[nH]c4c2)C=NNC3=O)C[C@H]1c1cnc[nH]1. The maximum Gasteiger partial charge on any atom is 0.304 e. The van der Waals surface area contributed by atoms with E-state index in [9.17, 15) is 19.5 Å². The predicted octanol–water partition coefficient (Wildman–Crippen LogP) is 3.22. The molecule has 174 valence electrons. The first-order chi connectivity index (χ1) is 17.0. The first-order valence-corrected chi connectivity index (χ1v) is 11.1. The van der Waals surface area contributed by atoms with E-state index < -0.39 is 23.2 Å². The van der Waals surface area contributed by atoms with Gasteiger partial charge in [-0.25, -0.2) is 10.4 Å². The Morgan fingerprint density at radius 2 is 2.03 bits per heavy atom. The fourth-order valence-electron chi connectivity index (χ4n) is 5.01. The second kappa shape index (κ2) is 7.66. The zero-order chi connectivity index (χ0) is 24.2. The highest BCUT2D eigenvalue weighted by molar-refractivity contribution is 6.18. The molecule has 0 radical (unpaired) electrons. The number of nitrogens with one attached hydrogen (secondary N) is 4. The molecule has 35 heavy (non-hydrogen) atoms. The van der Waals surface area contributed by atoms with E-state index in [-0.39, 0.29) is 12.3 Å². The number of benzene rings is 2. The average molecular weight is 468 g/mol. The van der Waals surface area contributed by atoms with E-state index >= 15 is 0 Å². The molecule has 0 saturated heterocycles. The van der Waals surface area contributed by atoms with Gasteiger partial charge in [0.05, 0.1) is 35.6 Å². The fourth-order valence-corrected chi connectivity index (χ4v) is 5.01. The van der Waals surface area contributed by atoms with E-state index in [4.69, 9.17) is 0 Å². The highest BCUT2D eigenvalue weighted by Crippen LogP contribution is 2.61. The van der Waals surface area contributed by atoms with Gasteiger partial charge < -0.3 is 20.4 Å². The number of aromatic nitrogens is 3. The first-order valence-electron chi connectivity index (χ1n) is 11.1. The van der Waals surface area contributed by atoms with Gasteiger partial charge in [-0.05, 0) is 24.1 Å². The summed E-state index contributed by atoms with van der Waals surface area (Å²) in [5.74, 6) is -2.14. The van der Waals surface area contributed by atoms with Crippen LogP contribution in [0.15, 0.2) is 60.1 Å². The van der Waals surface area contributed by atoms with Crippen LogP contribution in [0.1, 0.15) is 40.4 Å². The lowest BCUT2D eigenvalue weighted by molar-refractivity contribution is -0.141. The molecule has 2 atom stereocenters. The van der Waals surface area contributed by atoms with E-state index in [0.29, 0.717) is 28.6 Å². The van der Waals surface area contributed by atoms with Crippen LogP contribution in [0, 0.1) is 5.41 Å². The minimum Gasteiger partial charge on any atom is -0.481 e. The quantitative estimate of drug-likeness (QED) is 0.294. The Morgan fingerprint density at radius 1 is 1.20 bits per heavy atom. The molecule has 0 spiro atoms. The molecule has 1 fully saturated rings. The second-order valence-electron chi connectivity index (χ2n) is 8.87. The summed E-state index contributed by atoms with van der Waals surface area (Å²) in [4.78, 5) is 48.1. The summed E-state index contributed by atoms with van der Waals surface area (Å²) in [5, 5.41) is 17.1. The number of carboxylic acid groups (broad SMARTS) is 1. The van der Waals surface area contributed by atoms with Crippen LogP contribution in [-0.2, 0) is 9.59 Å². The summed E-state index contributed by atoms with van der Waals surface area (Å²) in [6, 6.07) is 13.0. The number of imidazole rings is 1. The third-order valence-corrected chi connectivity index (χ3v) is 6.75. The highest BCUT2D eigenvalue weighted by Gasteiger charge is 2.62. The summed E-state index contributed by atoms with van der Waals surface area (Å²) in [7, 11) is 0. The molecule has 4 aromatic rings. The van der Waals surface area contributed by atoms with Crippen molar-refractivity contribution in [2.45, 2.75) is 18.8 Å². The van der Waals surface area contributed by atoms with Crippen LogP contribution in [0.5, 0.6) is 0 Å². The largest absolute Gasteiger partial charge is 0.481 e. The molecule has 3 heterocycles. The van der Waals surface area contributed by atoms with Crippen molar-refractivity contribution in [2.75, 3.05) is 5.32 Å². The summed E-state index contributed by atoms with van der Waals surface area (Å²) in [5.41, 5.74) is 6.03. The molecule has 1 aliphatic heterocycles. The van der Waals surface area contributed by atoms with Crippen molar-refractivity contribution in [3.05, 3.63) is 71.8 Å². The van der Waals surface area contributed by atoms with Gasteiger partial charge in [-0.15, -0.1) is 0 Å². The lowest BCUT2D eigenvalue weighted by atomic mass is 9.96. The van der Waals surface area contributed by atoms with Gasteiger partial charge in [0.25, 0.3) is 5.91 Å². The fraction of sp³-hybridized carbons (Fsp3) is 0.160. The Hall–Kier alpha value is -4.73. The normalized spacial score (nSPS) is 20.3. The molecule has 5 N–H and O–H groups in total. The van der Waals surface area contributed by atoms with Crippen LogP contribution in [-0.4, -0.2) is 44.1 Å². The number of carboxylic acids is 1. The van der Waals surface area contributed by atoms with Gasteiger partial charge in [-0.1, -0.05) is 30.3 Å². The van der Waals surface area contributed by atoms with Gasteiger partial charge >= 0.3 is 5.97 Å². The first kappa shape index (κ1) is 20.8. The molecule has 2 aromatic carbocycles. The smallest absolute Gasteiger partial charge is 0.304 e. The number of hydrogen-bond acceptors (Lipinski definition) is 5. The summed E-state index contributed by atoms with van der Waals surface area (Å²) in [6.45, 7) is 0. The van der Waals surface area contributed by atoms with Crippen molar-refractivity contribution in [2.24, 2.45) is 10.5 Å². The standard InChI is InChI=1S/C25H20N6O4/c32-20(33)9-25(8-17(25)19-11-26-12-27-19)24(35)29-14-6-15-21-16(10-28-31-23(15)34)22(30-18(21)7-14)13-4-2-1-3-5-13/h1-7,10-12,17,30H,8-9H2,(H,26,27)(H,29,35)(H,31,34)(H,32,33)/t17-,25-/m0/s1. The summed E-state index contributed by atoms with van der Waals surface area (Å²) in [6.07, 6.45) is 4.80. The van der Waals surface area contributed by atoms with Crippen molar-refractivity contribution in [1.29, 1.82) is 0 Å². The van der Waals surface area contributed by atoms with Gasteiger partial charge in [0.15, 0.2) is 0 Å². The lowest BCUT2D eigenvalue weighted by Gasteiger charge is -2.16. The van der Waals surface area contributed by atoms with Crippen molar-refractivity contribution < 1.29 is 19.5 Å². The lowest BCUT2D eigenvalue weighted by Crippen LogP contribution is -2.28. The van der Waals surface area contributed by atoms with E-state index in [1.54, 1.807) is 24.5 Å². The molecule has 6 rings (SSSR count). The van der Waals surface area contributed by atoms with Crippen molar-refractivity contribution in [3.63, 3.8) is 0 Å². The molecular formula is C25H20N6O4. The van der Waals surface area contributed by atoms with Crippen LogP contribution in [0.4, 0.5) is 5.69 Å². The van der Waals surface area contributed by atoms with Crippen LogP contribution < -0.4 is 10.7 Å². The number of amides is 2.